The molecule has 2 heterocycles. The fraction of sp³-hybridized carbons (Fsp3) is 0.500. The standard InChI is InChI=1S/C30H39N5O7S2/c36-27-16-17-28(37)35(27)42-29(38)11-2-1-3-19-34(20-4-5-21-44(39,40)41)25-14-12-24(13-15-25)33-32-22-43-26-10-6-8-23-9-7-18-31-30(23)26/h6,8,10,12-15,31H,1-5,7,9,11,16-22H2,(H,39,40,41)/p+1. The molecule has 44 heavy (non-hydrogen) atoms. The van der Waals surface area contributed by atoms with Crippen LogP contribution in [-0.4, -0.2) is 67.1 Å². The molecule has 4 rings (SSSR count). The molecule has 2 aromatic carbocycles. The number of para-hydroxylation sites is 1. The normalized spacial score (nSPS) is 15.2. The zero-order valence-corrected chi connectivity index (χ0v) is 26.4. The highest BCUT2D eigenvalue weighted by atomic mass is 32.2. The van der Waals surface area contributed by atoms with Crippen LogP contribution in [0.3, 0.4) is 0 Å². The molecule has 12 nitrogen and oxygen atoms in total. The number of carbonyl (C=O) groups is 3. The summed E-state index contributed by atoms with van der Waals surface area (Å²) in [7, 11) is -4.01. The second-order valence-corrected chi connectivity index (χ2v) is 13.4. The van der Waals surface area contributed by atoms with E-state index >= 15 is 0 Å². The smallest absolute Gasteiger partial charge is 0.333 e. The molecule has 0 aliphatic carbocycles. The van der Waals surface area contributed by atoms with E-state index in [0.717, 1.165) is 30.8 Å². The van der Waals surface area contributed by atoms with Gasteiger partial charge in [-0.3, -0.25) is 14.1 Å². The molecule has 2 aliphatic heterocycles. The molecule has 1 fully saturated rings. The van der Waals surface area contributed by atoms with E-state index in [1.165, 1.54) is 22.6 Å². The maximum atomic E-state index is 12.1. The van der Waals surface area contributed by atoms with E-state index in [1.807, 2.05) is 24.3 Å². The molecule has 0 bridgehead atoms. The van der Waals surface area contributed by atoms with E-state index in [9.17, 15) is 22.8 Å². The minimum Gasteiger partial charge on any atom is -0.372 e. The van der Waals surface area contributed by atoms with E-state index in [1.54, 1.807) is 11.8 Å². The molecule has 238 valence electrons. The Labute approximate surface area is 262 Å². The Morgan fingerprint density at radius 1 is 0.977 bits per heavy atom. The van der Waals surface area contributed by atoms with Crippen molar-refractivity contribution < 1.29 is 37.5 Å². The predicted molar refractivity (Wildman–Crippen MR) is 166 cm³/mol. The minimum absolute atomic E-state index is 0.0593. The Kier molecular flexibility index (Phi) is 12.7. The largest absolute Gasteiger partial charge is 0.372 e. The van der Waals surface area contributed by atoms with Crippen molar-refractivity contribution in [2.45, 2.75) is 69.1 Å². The van der Waals surface area contributed by atoms with Crippen molar-refractivity contribution in [3.05, 3.63) is 48.0 Å². The first-order valence-electron chi connectivity index (χ1n) is 15.0. The summed E-state index contributed by atoms with van der Waals surface area (Å²) in [6, 6.07) is 14.1. The maximum Gasteiger partial charge on any atom is 0.333 e. The van der Waals surface area contributed by atoms with Crippen LogP contribution in [0.2, 0.25) is 0 Å². The topological polar surface area (TPSA) is 163 Å². The van der Waals surface area contributed by atoms with Gasteiger partial charge in [0.25, 0.3) is 21.9 Å². The van der Waals surface area contributed by atoms with Gasteiger partial charge in [0, 0.05) is 50.0 Å². The minimum atomic E-state index is -4.01. The highest BCUT2D eigenvalue weighted by molar-refractivity contribution is 7.99. The number of fused-ring (bicyclic) bond motifs is 1. The fourth-order valence-electron chi connectivity index (χ4n) is 5.15. The lowest BCUT2D eigenvalue weighted by Crippen LogP contribution is -2.80. The number of benzene rings is 2. The summed E-state index contributed by atoms with van der Waals surface area (Å²) in [5.74, 6) is -1.37. The molecule has 0 aromatic heterocycles. The number of imide groups is 1. The zero-order chi connectivity index (χ0) is 31.4. The van der Waals surface area contributed by atoms with E-state index < -0.39 is 27.9 Å². The molecular formula is C30H40N5O7S2+. The zero-order valence-electron chi connectivity index (χ0n) is 24.7. The van der Waals surface area contributed by atoms with Crippen molar-refractivity contribution in [3.8, 4) is 0 Å². The van der Waals surface area contributed by atoms with E-state index in [4.69, 9.17) is 9.39 Å². The molecule has 0 atom stereocenters. The maximum absolute atomic E-state index is 12.1. The molecule has 2 aromatic rings. The number of unbranched alkanes of at least 4 members (excludes halogenated alkanes) is 3. The Balaban J connectivity index is 1.25. The summed E-state index contributed by atoms with van der Waals surface area (Å²) in [4.78, 5) is 43.6. The van der Waals surface area contributed by atoms with Crippen molar-refractivity contribution in [1.29, 1.82) is 0 Å². The lowest BCUT2D eigenvalue weighted by molar-refractivity contribution is -0.578. The van der Waals surface area contributed by atoms with Gasteiger partial charge < -0.3 is 15.1 Å². The van der Waals surface area contributed by atoms with Crippen molar-refractivity contribution in [1.82, 2.24) is 5.06 Å². The van der Waals surface area contributed by atoms with Crippen LogP contribution in [0.4, 0.5) is 17.1 Å². The van der Waals surface area contributed by atoms with Gasteiger partial charge in [-0.15, -0.1) is 5.06 Å². The van der Waals surface area contributed by atoms with Crippen LogP contribution in [0, 0.1) is 0 Å². The van der Waals surface area contributed by atoms with Gasteiger partial charge in [-0.05, 0) is 62.4 Å². The highest BCUT2D eigenvalue weighted by Crippen LogP contribution is 2.30. The summed E-state index contributed by atoms with van der Waals surface area (Å²) in [5.41, 5.74) is 4.40. The summed E-state index contributed by atoms with van der Waals surface area (Å²) in [6.07, 6.45) is 5.44. The molecule has 2 aliphatic rings. The van der Waals surface area contributed by atoms with Crippen LogP contribution in [0.1, 0.15) is 63.4 Å². The first kappa shape index (κ1) is 33.6. The number of amides is 2. The van der Waals surface area contributed by atoms with E-state index in [0.29, 0.717) is 49.7 Å². The number of nitrogens with two attached hydrogens (primary N) is 1. The number of anilines is 1. The number of carbonyl (C=O) groups excluding carboxylic acids is 3. The van der Waals surface area contributed by atoms with Crippen molar-refractivity contribution in [2.24, 2.45) is 10.2 Å². The number of hydrogen-bond donors (Lipinski definition) is 2. The van der Waals surface area contributed by atoms with Gasteiger partial charge >= 0.3 is 5.97 Å². The predicted octanol–water partition coefficient (Wildman–Crippen LogP) is 4.30. The number of hydroxylamine groups is 2. The number of nitrogens with zero attached hydrogens (tertiary/aromatic N) is 4. The number of thioether (sulfide) groups is 1. The lowest BCUT2D eigenvalue weighted by Gasteiger charge is -2.25. The average Bonchev–Trinajstić information content (AvgIpc) is 3.32. The first-order chi connectivity index (χ1) is 21.2. The molecule has 14 heteroatoms. The molecular weight excluding hydrogens is 606 g/mol. The van der Waals surface area contributed by atoms with Gasteiger partial charge in [-0.1, -0.05) is 30.3 Å². The monoisotopic (exact) mass is 646 g/mol. The molecule has 0 saturated carbocycles. The summed E-state index contributed by atoms with van der Waals surface area (Å²) in [6.45, 7) is 2.36. The van der Waals surface area contributed by atoms with E-state index in [2.05, 4.69) is 38.6 Å². The quantitative estimate of drug-likeness (QED) is 0.0637. The van der Waals surface area contributed by atoms with Crippen molar-refractivity contribution in [2.75, 3.05) is 36.2 Å². The molecule has 1 saturated heterocycles. The third-order valence-corrected chi connectivity index (χ3v) is 9.14. The van der Waals surface area contributed by atoms with Gasteiger partial charge in [-0.2, -0.15) is 18.6 Å². The van der Waals surface area contributed by atoms with Crippen LogP contribution in [-0.2, 0) is 35.8 Å². The Hall–Kier alpha value is -3.33. The first-order valence-corrected chi connectivity index (χ1v) is 17.6. The summed E-state index contributed by atoms with van der Waals surface area (Å²) >= 11 is 1.68. The number of aryl methyl sites for hydroxylation is 1. The Morgan fingerprint density at radius 3 is 2.43 bits per heavy atom. The van der Waals surface area contributed by atoms with E-state index in [-0.39, 0.29) is 25.0 Å². The van der Waals surface area contributed by atoms with Gasteiger partial charge in [0.1, 0.15) is 11.6 Å². The van der Waals surface area contributed by atoms with Crippen molar-refractivity contribution >= 4 is 56.7 Å². The van der Waals surface area contributed by atoms with Crippen LogP contribution < -0.4 is 10.2 Å². The SMILES string of the molecule is O=C(CCCCCN(CCCCS(=O)(=O)O)c1ccc(N=NCSc2cccc3c2[NH2+]CCC3)cc1)ON1C(=O)CCC1=O. The molecule has 0 radical (unpaired) electrons. The number of azo groups is 1. The fourth-order valence-corrected chi connectivity index (χ4v) is 6.52. The summed E-state index contributed by atoms with van der Waals surface area (Å²) in [5, 5.41) is 11.6. The van der Waals surface area contributed by atoms with Gasteiger partial charge in [0.05, 0.1) is 22.9 Å². The van der Waals surface area contributed by atoms with Gasteiger partial charge in [0.15, 0.2) is 0 Å². The Bertz CT molecular complexity index is 1420. The van der Waals surface area contributed by atoms with Crippen LogP contribution >= 0.6 is 11.8 Å². The second-order valence-electron chi connectivity index (χ2n) is 10.8. The van der Waals surface area contributed by atoms with Crippen molar-refractivity contribution in [3.63, 3.8) is 0 Å². The lowest BCUT2D eigenvalue weighted by atomic mass is 10.0. The van der Waals surface area contributed by atoms with Gasteiger partial charge in [-0.25, -0.2) is 4.79 Å². The second kappa shape index (κ2) is 16.7. The summed E-state index contributed by atoms with van der Waals surface area (Å²) < 4.78 is 31.3. The van der Waals surface area contributed by atoms with Crippen LogP contribution in [0.25, 0.3) is 0 Å². The Morgan fingerprint density at radius 2 is 1.70 bits per heavy atom. The highest BCUT2D eigenvalue weighted by Gasteiger charge is 2.32. The number of hydrogen-bond acceptors (Lipinski definition) is 10. The molecule has 2 amide bonds. The third-order valence-electron chi connectivity index (χ3n) is 7.42. The third kappa shape index (κ3) is 10.7. The van der Waals surface area contributed by atoms with Gasteiger partial charge in [0.2, 0.25) is 0 Å². The van der Waals surface area contributed by atoms with Crippen LogP contribution in [0.5, 0.6) is 0 Å². The molecule has 3 N–H and O–H groups in total. The molecule has 0 unspecified atom stereocenters. The average molecular weight is 647 g/mol. The van der Waals surface area contributed by atoms with Crippen LogP contribution in [0.15, 0.2) is 57.6 Å². The number of rotatable bonds is 17. The number of quaternary nitrogens is 1. The molecule has 0 spiro atoms.